The van der Waals surface area contributed by atoms with Gasteiger partial charge < -0.3 is 5.21 Å². The smallest absolute Gasteiger partial charge is 0.251 e. The molecule has 0 amide bonds. The van der Waals surface area contributed by atoms with E-state index in [0.717, 1.165) is 4.73 Å². The summed E-state index contributed by atoms with van der Waals surface area (Å²) in [6, 6.07) is 5.25. The van der Waals surface area contributed by atoms with Crippen molar-refractivity contribution >= 4 is 23.4 Å². The normalized spacial score (nSPS) is 9.75. The summed E-state index contributed by atoms with van der Waals surface area (Å²) in [6.07, 6.45) is 1.46. The molecule has 0 aromatic carbocycles. The van der Waals surface area contributed by atoms with Gasteiger partial charge in [0, 0.05) is 22.9 Å². The first-order valence-electron chi connectivity index (χ1n) is 3.34. The van der Waals surface area contributed by atoms with Crippen LogP contribution in [0.2, 0.25) is 0 Å². The highest BCUT2D eigenvalue weighted by molar-refractivity contribution is 7.99. The zero-order valence-electron chi connectivity index (χ0n) is 6.37. The molecule has 0 spiro atoms. The predicted octanol–water partition coefficient (Wildman–Crippen LogP) is 2.16. The zero-order valence-corrected chi connectivity index (χ0v) is 7.94. The van der Waals surface area contributed by atoms with Gasteiger partial charge in [0.1, 0.15) is 0 Å². The van der Waals surface area contributed by atoms with Crippen LogP contribution in [-0.4, -0.2) is 5.75 Å². The Morgan fingerprint density at radius 3 is 3.00 bits per heavy atom. The Labute approximate surface area is 80.4 Å². The molecule has 0 aliphatic heterocycles. The minimum atomic E-state index is 0.545. The molecule has 0 saturated heterocycles. The van der Waals surface area contributed by atoms with Crippen LogP contribution < -0.4 is 4.73 Å². The SMILES string of the molecule is C=C(Cl)CSc1cccc[n+]1[O-]. The molecule has 0 aliphatic carbocycles. The fourth-order valence-electron chi connectivity index (χ4n) is 0.677. The van der Waals surface area contributed by atoms with Gasteiger partial charge in [-0.2, -0.15) is 4.73 Å². The number of aromatic nitrogens is 1. The summed E-state index contributed by atoms with van der Waals surface area (Å²) in [5.41, 5.74) is 0. The van der Waals surface area contributed by atoms with Gasteiger partial charge >= 0.3 is 0 Å². The molecule has 0 bridgehead atoms. The summed E-state index contributed by atoms with van der Waals surface area (Å²) >= 11 is 6.93. The van der Waals surface area contributed by atoms with Crippen molar-refractivity contribution in [1.29, 1.82) is 0 Å². The van der Waals surface area contributed by atoms with E-state index in [-0.39, 0.29) is 0 Å². The van der Waals surface area contributed by atoms with Crippen LogP contribution in [0.25, 0.3) is 0 Å². The van der Waals surface area contributed by atoms with Crippen molar-refractivity contribution < 1.29 is 4.73 Å². The highest BCUT2D eigenvalue weighted by atomic mass is 35.5. The highest BCUT2D eigenvalue weighted by Crippen LogP contribution is 2.16. The largest absolute Gasteiger partial charge is 0.618 e. The molecule has 0 aliphatic rings. The summed E-state index contributed by atoms with van der Waals surface area (Å²) in [7, 11) is 0. The third kappa shape index (κ3) is 2.75. The molecule has 0 radical (unpaired) electrons. The van der Waals surface area contributed by atoms with Crippen LogP contribution in [0.4, 0.5) is 0 Å². The zero-order chi connectivity index (χ0) is 8.97. The van der Waals surface area contributed by atoms with E-state index in [2.05, 4.69) is 6.58 Å². The minimum absolute atomic E-state index is 0.545. The molecular formula is C8H8ClNOS. The van der Waals surface area contributed by atoms with Crippen LogP contribution >= 0.6 is 23.4 Å². The van der Waals surface area contributed by atoms with Crippen LogP contribution in [-0.2, 0) is 0 Å². The lowest BCUT2D eigenvalue weighted by Gasteiger charge is -2.01. The maximum Gasteiger partial charge on any atom is 0.251 e. The molecule has 1 heterocycles. The van der Waals surface area contributed by atoms with Crippen molar-refractivity contribution in [2.45, 2.75) is 5.03 Å². The van der Waals surface area contributed by atoms with Crippen molar-refractivity contribution in [1.82, 2.24) is 0 Å². The van der Waals surface area contributed by atoms with Crippen molar-refractivity contribution in [3.8, 4) is 0 Å². The second-order valence-electron chi connectivity index (χ2n) is 2.17. The topological polar surface area (TPSA) is 26.9 Å². The number of nitrogens with zero attached hydrogens (tertiary/aromatic N) is 1. The molecule has 12 heavy (non-hydrogen) atoms. The maximum absolute atomic E-state index is 11.1. The average molecular weight is 202 g/mol. The van der Waals surface area contributed by atoms with Gasteiger partial charge in [0.05, 0.1) is 0 Å². The van der Waals surface area contributed by atoms with Crippen molar-refractivity contribution in [2.75, 3.05) is 5.75 Å². The minimum Gasteiger partial charge on any atom is -0.618 e. The van der Waals surface area contributed by atoms with Crippen LogP contribution in [0, 0.1) is 5.21 Å². The van der Waals surface area contributed by atoms with Gasteiger partial charge in [0.25, 0.3) is 5.03 Å². The summed E-state index contributed by atoms with van der Waals surface area (Å²) in [5, 5.41) is 12.2. The number of hydrogen-bond donors (Lipinski definition) is 0. The van der Waals surface area contributed by atoms with E-state index in [4.69, 9.17) is 11.6 Å². The first-order chi connectivity index (χ1) is 5.70. The first kappa shape index (κ1) is 9.42. The summed E-state index contributed by atoms with van der Waals surface area (Å²) in [5.74, 6) is 0.563. The second-order valence-corrected chi connectivity index (χ2v) is 3.70. The molecule has 1 aromatic rings. The Balaban J connectivity index is 2.63. The van der Waals surface area contributed by atoms with Gasteiger partial charge in [0.2, 0.25) is 0 Å². The van der Waals surface area contributed by atoms with E-state index < -0.39 is 0 Å². The predicted molar refractivity (Wildman–Crippen MR) is 51.1 cm³/mol. The van der Waals surface area contributed by atoms with E-state index in [0.29, 0.717) is 15.8 Å². The van der Waals surface area contributed by atoms with Crippen LogP contribution in [0.1, 0.15) is 0 Å². The van der Waals surface area contributed by atoms with Gasteiger partial charge in [-0.15, -0.1) is 0 Å². The van der Waals surface area contributed by atoms with Gasteiger partial charge in [-0.3, -0.25) is 0 Å². The lowest BCUT2D eigenvalue weighted by atomic mass is 10.5. The molecule has 0 unspecified atom stereocenters. The molecule has 64 valence electrons. The third-order valence-electron chi connectivity index (χ3n) is 1.17. The molecule has 1 rings (SSSR count). The Hall–Kier alpha value is -0.670. The fraction of sp³-hybridized carbons (Fsp3) is 0.125. The molecule has 0 N–H and O–H groups in total. The van der Waals surface area contributed by atoms with Crippen LogP contribution in [0.5, 0.6) is 0 Å². The monoisotopic (exact) mass is 201 g/mol. The number of rotatable bonds is 3. The highest BCUT2D eigenvalue weighted by Gasteiger charge is 2.03. The first-order valence-corrected chi connectivity index (χ1v) is 4.71. The van der Waals surface area contributed by atoms with Gasteiger partial charge in [-0.25, -0.2) is 0 Å². The third-order valence-corrected chi connectivity index (χ3v) is 2.56. The molecule has 0 atom stereocenters. The molecule has 1 aromatic heterocycles. The lowest BCUT2D eigenvalue weighted by Crippen LogP contribution is -2.27. The van der Waals surface area contributed by atoms with E-state index in [9.17, 15) is 5.21 Å². The number of thioether (sulfide) groups is 1. The van der Waals surface area contributed by atoms with E-state index in [1.165, 1.54) is 18.0 Å². The van der Waals surface area contributed by atoms with Crippen molar-refractivity contribution in [2.24, 2.45) is 0 Å². The van der Waals surface area contributed by atoms with Gasteiger partial charge in [-0.1, -0.05) is 29.9 Å². The number of pyridine rings is 1. The second kappa shape index (κ2) is 4.38. The summed E-state index contributed by atoms with van der Waals surface area (Å²) < 4.78 is 0.810. The Bertz CT molecular complexity index is 290. The standard InChI is InChI=1S/C8H8ClNOS/c1-7(9)6-12-8-4-2-3-5-10(8)11/h2-5H,1,6H2. The fourth-order valence-corrected chi connectivity index (χ4v) is 1.51. The van der Waals surface area contributed by atoms with E-state index >= 15 is 0 Å². The molecule has 4 heteroatoms. The quantitative estimate of drug-likeness (QED) is 0.426. The summed E-state index contributed by atoms with van der Waals surface area (Å²) in [6.45, 7) is 3.53. The number of halogens is 1. The molecular weight excluding hydrogens is 194 g/mol. The molecule has 2 nitrogen and oxygen atoms in total. The average Bonchev–Trinajstić information content (AvgIpc) is 2.03. The Kier molecular flexibility index (Phi) is 3.44. The van der Waals surface area contributed by atoms with Crippen molar-refractivity contribution in [3.63, 3.8) is 0 Å². The molecule has 0 fully saturated rings. The van der Waals surface area contributed by atoms with Crippen LogP contribution in [0.3, 0.4) is 0 Å². The van der Waals surface area contributed by atoms with E-state index in [1.807, 2.05) is 6.07 Å². The Morgan fingerprint density at radius 2 is 2.42 bits per heavy atom. The summed E-state index contributed by atoms with van der Waals surface area (Å²) in [4.78, 5) is 0. The van der Waals surface area contributed by atoms with Crippen LogP contribution in [0.15, 0.2) is 41.0 Å². The van der Waals surface area contributed by atoms with E-state index in [1.54, 1.807) is 12.1 Å². The molecule has 0 saturated carbocycles. The Morgan fingerprint density at radius 1 is 1.67 bits per heavy atom. The number of hydrogen-bond acceptors (Lipinski definition) is 2. The lowest BCUT2D eigenvalue weighted by molar-refractivity contribution is -0.645. The van der Waals surface area contributed by atoms with Gasteiger partial charge in [0.15, 0.2) is 6.20 Å². The maximum atomic E-state index is 11.1. The van der Waals surface area contributed by atoms with Gasteiger partial charge in [-0.05, 0) is 6.07 Å². The van der Waals surface area contributed by atoms with Crippen molar-refractivity contribution in [3.05, 3.63) is 41.2 Å².